The third-order valence-corrected chi connectivity index (χ3v) is 13.6. The number of rotatable bonds is 22. The molecule has 26 nitrogen and oxygen atoms in total. The normalized spacial score (nSPS) is 21.3. The van der Waals surface area contributed by atoms with E-state index in [0.29, 0.717) is 29.4 Å². The van der Waals surface area contributed by atoms with Crippen molar-refractivity contribution >= 4 is 58.8 Å². The van der Waals surface area contributed by atoms with Crippen LogP contribution in [0.15, 0.2) is 48.5 Å². The molecule has 0 bridgehead atoms. The molecule has 0 unspecified atom stereocenters. The van der Waals surface area contributed by atoms with Crippen molar-refractivity contribution in [3.63, 3.8) is 0 Å². The maximum absolute atomic E-state index is 14.1. The molecule has 7 amide bonds. The Morgan fingerprint density at radius 2 is 1.21 bits per heavy atom. The summed E-state index contributed by atoms with van der Waals surface area (Å²) in [7, 11) is 4.21. The number of amides is 7. The number of aliphatic hydroxyl groups is 4. The average Bonchev–Trinajstić information content (AvgIpc) is 4.14. The van der Waals surface area contributed by atoms with Crippen LogP contribution in [0.4, 0.5) is 26.7 Å². The van der Waals surface area contributed by atoms with E-state index < -0.39 is 84.6 Å². The van der Waals surface area contributed by atoms with Gasteiger partial charge in [0, 0.05) is 50.9 Å². The smallest absolute Gasteiger partial charge is 0.416 e. The minimum Gasteiger partial charge on any atom is -0.493 e. The second-order valence-corrected chi connectivity index (χ2v) is 19.4. The number of aliphatic hydroxyl groups excluding tert-OH is 4. The van der Waals surface area contributed by atoms with Crippen molar-refractivity contribution in [3.8, 4) is 23.0 Å². The van der Waals surface area contributed by atoms with E-state index in [9.17, 15) is 59.1 Å². The lowest BCUT2D eigenvalue weighted by molar-refractivity contribution is -0.132. The Morgan fingerprint density at radius 1 is 0.667 bits per heavy atom. The monoisotopic (exact) mass is 1090 g/mol. The van der Waals surface area contributed by atoms with Gasteiger partial charge in [0.15, 0.2) is 35.5 Å². The minimum absolute atomic E-state index is 0.0320. The van der Waals surface area contributed by atoms with Gasteiger partial charge in [-0.15, -0.1) is 0 Å². The highest BCUT2D eigenvalue weighted by Gasteiger charge is 2.49. The first-order valence-corrected chi connectivity index (χ1v) is 25.3. The van der Waals surface area contributed by atoms with E-state index in [2.05, 4.69) is 16.0 Å². The van der Waals surface area contributed by atoms with Crippen LogP contribution in [0, 0.1) is 5.92 Å². The van der Waals surface area contributed by atoms with E-state index in [1.807, 2.05) is 0 Å². The molecule has 0 radical (unpaired) electrons. The largest absolute Gasteiger partial charge is 0.493 e. The van der Waals surface area contributed by atoms with Gasteiger partial charge >= 0.3 is 12.2 Å². The number of hydrogen-bond donors (Lipinski definition) is 8. The van der Waals surface area contributed by atoms with Crippen LogP contribution in [0.1, 0.15) is 72.7 Å². The highest BCUT2D eigenvalue weighted by atomic mass is 16.6. The van der Waals surface area contributed by atoms with Crippen molar-refractivity contribution < 1.29 is 92.3 Å². The number of methoxy groups -OCH3 is 3. The van der Waals surface area contributed by atoms with Crippen molar-refractivity contribution in [2.75, 3.05) is 82.6 Å². The van der Waals surface area contributed by atoms with E-state index in [4.69, 9.17) is 33.2 Å². The molecular weight excluding hydrogens is 1030 g/mol. The van der Waals surface area contributed by atoms with Crippen LogP contribution in [0.3, 0.4) is 0 Å². The molecular formula is C52H67N7O19. The quantitative estimate of drug-likeness (QED) is 0.0663. The first-order chi connectivity index (χ1) is 37.3. The van der Waals surface area contributed by atoms with E-state index in [1.54, 1.807) is 38.1 Å². The summed E-state index contributed by atoms with van der Waals surface area (Å²) in [6.07, 6.45) is -7.80. The second-order valence-electron chi connectivity index (χ2n) is 19.4. The molecule has 3 aromatic rings. The topological polar surface area (TPSA) is 334 Å². The Balaban J connectivity index is 0.992. The average molecular weight is 1090 g/mol. The van der Waals surface area contributed by atoms with Crippen molar-refractivity contribution in [2.24, 2.45) is 5.92 Å². The zero-order chi connectivity index (χ0) is 56.5. The maximum Gasteiger partial charge on any atom is 0.416 e. The third-order valence-electron chi connectivity index (χ3n) is 13.6. The summed E-state index contributed by atoms with van der Waals surface area (Å²) in [4.78, 5) is 97.2. The maximum atomic E-state index is 14.1. The van der Waals surface area contributed by atoms with Gasteiger partial charge in [-0.2, -0.15) is 0 Å². The first kappa shape index (κ1) is 58.2. The molecule has 78 heavy (non-hydrogen) atoms. The molecule has 0 spiro atoms. The molecule has 8 N–H and O–H groups in total. The standard InChI is InChI=1S/C52H67N7O19/c1-27(2)44(55-43(62)12-15-75-17-16-72-4)46(64)53-28(3)45(63)54-30-10-8-29(9-11-30)26-78-52(71)59-36-23-42(40(74-6)21-34(36)48(66)57-25-32(61)19-38(57)50(59)68)77-14-7-13-76-41-22-35-33(20-39(41)73-5)47(65)56-24-31(60)18-37(56)49(67)58(35)51(69)70/h8-11,20-23,27-28,31-32,37-38,44,49-50,60-61,67-68H,7,12-19,24-26H2,1-6H3,(H,53,64)(H,54,63)(H,55,62)(H,69,70)/t28-,31+,32+,37+,38+,44-,49+,50+/m1/s1. The van der Waals surface area contributed by atoms with E-state index in [0.717, 1.165) is 4.90 Å². The number of hydrogen-bond acceptors (Lipinski definition) is 18. The van der Waals surface area contributed by atoms with Crippen LogP contribution in [-0.4, -0.2) is 193 Å². The second kappa shape index (κ2) is 25.8. The SMILES string of the molecule is COCCOCCC(=O)N[C@@H](C(=O)N[C@H](C)C(=O)Nc1ccc(COC(=O)N2c3cc(OCCCOc4cc5c(cc4OC)C(=O)N4C[C@@H](O)C[C@H]4[C@H](O)N5C(=O)O)c(OC)cc3C(=O)N3C[C@@H](O)C[C@H]3[C@@H]2O)cc1)C(C)C. The number of carbonyl (C=O) groups is 7. The molecule has 4 aliphatic rings. The highest BCUT2D eigenvalue weighted by Crippen LogP contribution is 2.43. The summed E-state index contributed by atoms with van der Waals surface area (Å²) in [5.74, 6) is -2.70. The molecule has 4 aliphatic heterocycles. The van der Waals surface area contributed by atoms with Crippen LogP contribution in [0.5, 0.6) is 23.0 Å². The predicted molar refractivity (Wildman–Crippen MR) is 274 cm³/mol. The van der Waals surface area contributed by atoms with Crippen LogP contribution in [0.2, 0.25) is 0 Å². The fourth-order valence-corrected chi connectivity index (χ4v) is 9.59. The number of nitrogens with one attached hydrogen (secondary N) is 3. The lowest BCUT2D eigenvalue weighted by Crippen LogP contribution is -2.53. The molecule has 2 fully saturated rings. The number of carboxylic acid groups (broad SMARTS) is 1. The lowest BCUT2D eigenvalue weighted by atomic mass is 10.0. The van der Waals surface area contributed by atoms with Crippen molar-refractivity contribution in [1.82, 2.24) is 20.4 Å². The van der Waals surface area contributed by atoms with Crippen LogP contribution in [0.25, 0.3) is 0 Å². The number of ether oxygens (including phenoxy) is 7. The number of anilines is 3. The molecule has 4 heterocycles. The third kappa shape index (κ3) is 13.1. The van der Waals surface area contributed by atoms with Gasteiger partial charge in [0.25, 0.3) is 11.8 Å². The molecule has 0 aromatic heterocycles. The summed E-state index contributed by atoms with van der Waals surface area (Å²) in [5, 5.41) is 62.0. The Morgan fingerprint density at radius 3 is 1.72 bits per heavy atom. The summed E-state index contributed by atoms with van der Waals surface area (Å²) < 4.78 is 39.2. The fourth-order valence-electron chi connectivity index (χ4n) is 9.59. The molecule has 26 heteroatoms. The van der Waals surface area contributed by atoms with Crippen LogP contribution in [-0.2, 0) is 35.2 Å². The Labute approximate surface area is 449 Å². The van der Waals surface area contributed by atoms with Crippen LogP contribution < -0.4 is 44.7 Å². The number of carbonyl (C=O) groups excluding carboxylic acids is 6. The molecule has 0 saturated carbocycles. The summed E-state index contributed by atoms with van der Waals surface area (Å²) >= 11 is 0. The van der Waals surface area contributed by atoms with Gasteiger partial charge < -0.3 is 84.4 Å². The van der Waals surface area contributed by atoms with Crippen molar-refractivity contribution in [1.29, 1.82) is 0 Å². The Kier molecular flexibility index (Phi) is 19.2. The molecule has 8 atom stereocenters. The highest BCUT2D eigenvalue weighted by molar-refractivity contribution is 6.07. The number of benzene rings is 3. The van der Waals surface area contributed by atoms with Gasteiger partial charge in [-0.1, -0.05) is 26.0 Å². The van der Waals surface area contributed by atoms with E-state index >= 15 is 0 Å². The van der Waals surface area contributed by atoms with E-state index in [1.165, 1.54) is 62.3 Å². The summed E-state index contributed by atoms with van der Waals surface area (Å²) in [6, 6.07) is 7.61. The van der Waals surface area contributed by atoms with Gasteiger partial charge in [-0.25, -0.2) is 19.4 Å². The number of fused-ring (bicyclic) bond motifs is 4. The summed E-state index contributed by atoms with van der Waals surface area (Å²) in [6.45, 7) is 5.20. The Bertz CT molecular complexity index is 2690. The van der Waals surface area contributed by atoms with Gasteiger partial charge in [-0.05, 0) is 55.5 Å². The Hall–Kier alpha value is -7.49. The van der Waals surface area contributed by atoms with Crippen LogP contribution >= 0.6 is 0 Å². The van der Waals surface area contributed by atoms with Crippen molar-refractivity contribution in [2.45, 2.75) is 102 Å². The molecule has 424 valence electrons. The van der Waals surface area contributed by atoms with Crippen molar-refractivity contribution in [3.05, 3.63) is 65.2 Å². The molecule has 0 aliphatic carbocycles. The number of nitrogens with zero attached hydrogens (tertiary/aromatic N) is 4. The predicted octanol–water partition coefficient (Wildman–Crippen LogP) is 1.63. The zero-order valence-corrected chi connectivity index (χ0v) is 44.0. The summed E-state index contributed by atoms with van der Waals surface area (Å²) in [5.41, 5.74) is 0.451. The molecule has 3 aromatic carbocycles. The zero-order valence-electron chi connectivity index (χ0n) is 44.0. The first-order valence-electron chi connectivity index (χ1n) is 25.3. The molecule has 7 rings (SSSR count). The molecule has 2 saturated heterocycles. The fraction of sp³-hybridized carbons (Fsp3) is 0.519. The van der Waals surface area contributed by atoms with Gasteiger partial charge in [-0.3, -0.25) is 24.0 Å². The lowest BCUT2D eigenvalue weighted by Gasteiger charge is -2.31. The van der Waals surface area contributed by atoms with E-state index in [-0.39, 0.29) is 123 Å². The van der Waals surface area contributed by atoms with Gasteiger partial charge in [0.1, 0.15) is 18.7 Å². The van der Waals surface area contributed by atoms with Gasteiger partial charge in [0.05, 0.1) is 94.0 Å². The van der Waals surface area contributed by atoms with Gasteiger partial charge in [0.2, 0.25) is 17.7 Å². The minimum atomic E-state index is -1.69.